The van der Waals surface area contributed by atoms with E-state index in [4.69, 9.17) is 16.9 Å². The van der Waals surface area contributed by atoms with Crippen molar-refractivity contribution in [1.82, 2.24) is 9.97 Å². The Morgan fingerprint density at radius 3 is 2.65 bits per heavy atom. The predicted octanol–water partition coefficient (Wildman–Crippen LogP) is 3.35. The number of rotatable bonds is 2. The van der Waals surface area contributed by atoms with E-state index < -0.39 is 0 Å². The Balaban J connectivity index is 2.29. The normalized spacial score (nSPS) is 9.71. The summed E-state index contributed by atoms with van der Waals surface area (Å²) in [6.45, 7) is 0. The maximum absolute atomic E-state index is 8.80. The van der Waals surface area contributed by atoms with Crippen LogP contribution in [0.25, 0.3) is 0 Å². The van der Waals surface area contributed by atoms with Crippen molar-refractivity contribution >= 4 is 45.8 Å². The first-order valence-corrected chi connectivity index (χ1v) is 6.09. The summed E-state index contributed by atoms with van der Waals surface area (Å²) in [4.78, 5) is 8.20. The van der Waals surface area contributed by atoms with Crippen molar-refractivity contribution in [3.05, 3.63) is 44.7 Å². The highest BCUT2D eigenvalue weighted by molar-refractivity contribution is 14.1. The molecule has 1 N–H and O–H groups in total. The van der Waals surface area contributed by atoms with Gasteiger partial charge in [0.15, 0.2) is 0 Å². The SMILES string of the molecule is N#Cc1ccc(Cl)c(Nc2ncc(I)cn2)c1. The first kappa shape index (κ1) is 12.1. The molecule has 2 aromatic rings. The standard InChI is InChI=1S/C11H6ClIN4/c12-9-2-1-7(4-14)3-10(9)17-11-15-5-8(13)6-16-11/h1-3,5-6H,(H,15,16,17). The van der Waals surface area contributed by atoms with Crippen molar-refractivity contribution in [1.29, 1.82) is 5.26 Å². The van der Waals surface area contributed by atoms with Crippen LogP contribution in [0.3, 0.4) is 0 Å². The van der Waals surface area contributed by atoms with Gasteiger partial charge >= 0.3 is 0 Å². The molecule has 0 aliphatic heterocycles. The van der Waals surface area contributed by atoms with Gasteiger partial charge in [-0.3, -0.25) is 0 Å². The molecule has 0 unspecified atom stereocenters. The van der Waals surface area contributed by atoms with E-state index in [-0.39, 0.29) is 0 Å². The molecule has 0 atom stereocenters. The maximum atomic E-state index is 8.80. The number of nitrogens with one attached hydrogen (secondary N) is 1. The van der Waals surface area contributed by atoms with E-state index in [2.05, 4.69) is 37.9 Å². The average molecular weight is 357 g/mol. The molecule has 0 aliphatic rings. The smallest absolute Gasteiger partial charge is 0.227 e. The van der Waals surface area contributed by atoms with E-state index in [0.29, 0.717) is 22.2 Å². The second kappa shape index (κ2) is 5.29. The van der Waals surface area contributed by atoms with Crippen LogP contribution >= 0.6 is 34.2 Å². The van der Waals surface area contributed by atoms with E-state index >= 15 is 0 Å². The minimum absolute atomic E-state index is 0.447. The summed E-state index contributed by atoms with van der Waals surface area (Å²) in [5.41, 5.74) is 1.15. The molecule has 0 spiro atoms. The first-order chi connectivity index (χ1) is 8.19. The van der Waals surface area contributed by atoms with Gasteiger partial charge in [-0.2, -0.15) is 5.26 Å². The Morgan fingerprint density at radius 2 is 2.00 bits per heavy atom. The third kappa shape index (κ3) is 3.05. The van der Waals surface area contributed by atoms with Gasteiger partial charge < -0.3 is 5.32 Å². The van der Waals surface area contributed by atoms with Gasteiger partial charge in [0.1, 0.15) is 0 Å². The highest BCUT2D eigenvalue weighted by Crippen LogP contribution is 2.24. The molecular formula is C11H6ClIN4. The molecule has 0 saturated heterocycles. The zero-order chi connectivity index (χ0) is 12.3. The van der Waals surface area contributed by atoms with Crippen molar-refractivity contribution in [3.63, 3.8) is 0 Å². The van der Waals surface area contributed by atoms with E-state index in [0.717, 1.165) is 3.57 Å². The Hall–Kier alpha value is -1.39. The van der Waals surface area contributed by atoms with E-state index in [1.165, 1.54) is 0 Å². The van der Waals surface area contributed by atoms with Crippen molar-refractivity contribution in [2.24, 2.45) is 0 Å². The minimum Gasteiger partial charge on any atom is -0.323 e. The number of nitrogens with zero attached hydrogens (tertiary/aromatic N) is 3. The van der Waals surface area contributed by atoms with Gasteiger partial charge in [-0.25, -0.2) is 9.97 Å². The zero-order valence-corrected chi connectivity index (χ0v) is 11.4. The summed E-state index contributed by atoms with van der Waals surface area (Å²) in [6, 6.07) is 7.02. The van der Waals surface area contributed by atoms with Gasteiger partial charge in [-0.05, 0) is 40.8 Å². The minimum atomic E-state index is 0.447. The average Bonchev–Trinajstić information content (AvgIpc) is 2.35. The van der Waals surface area contributed by atoms with Crippen molar-refractivity contribution in [2.45, 2.75) is 0 Å². The lowest BCUT2D eigenvalue weighted by Crippen LogP contribution is -1.97. The maximum Gasteiger partial charge on any atom is 0.227 e. The number of nitriles is 1. The van der Waals surface area contributed by atoms with Gasteiger partial charge in [-0.1, -0.05) is 11.6 Å². The fourth-order valence-corrected chi connectivity index (χ4v) is 1.63. The zero-order valence-electron chi connectivity index (χ0n) is 8.48. The lowest BCUT2D eigenvalue weighted by atomic mass is 10.2. The number of halogens is 2. The van der Waals surface area contributed by atoms with Crippen LogP contribution in [0.4, 0.5) is 11.6 Å². The molecule has 0 aliphatic carbocycles. The summed E-state index contributed by atoms with van der Waals surface area (Å²) >= 11 is 8.13. The number of benzene rings is 1. The lowest BCUT2D eigenvalue weighted by Gasteiger charge is -2.06. The third-order valence-electron chi connectivity index (χ3n) is 1.96. The molecule has 4 nitrogen and oxygen atoms in total. The molecule has 0 saturated carbocycles. The molecule has 84 valence electrons. The molecule has 0 bridgehead atoms. The Morgan fingerprint density at radius 1 is 1.29 bits per heavy atom. The van der Waals surface area contributed by atoms with E-state index in [1.54, 1.807) is 30.6 Å². The third-order valence-corrected chi connectivity index (χ3v) is 2.85. The van der Waals surface area contributed by atoms with E-state index in [9.17, 15) is 0 Å². The van der Waals surface area contributed by atoms with Crippen LogP contribution in [-0.2, 0) is 0 Å². The van der Waals surface area contributed by atoms with Crippen LogP contribution in [0.15, 0.2) is 30.6 Å². The molecule has 0 radical (unpaired) electrons. The monoisotopic (exact) mass is 356 g/mol. The highest BCUT2D eigenvalue weighted by atomic mass is 127. The fraction of sp³-hybridized carbons (Fsp3) is 0. The molecule has 2 rings (SSSR count). The molecule has 1 aromatic heterocycles. The summed E-state index contributed by atoms with van der Waals surface area (Å²) in [5.74, 6) is 0.447. The van der Waals surface area contributed by atoms with Crippen molar-refractivity contribution in [2.75, 3.05) is 5.32 Å². The van der Waals surface area contributed by atoms with Crippen molar-refractivity contribution in [3.8, 4) is 6.07 Å². The fourth-order valence-electron chi connectivity index (χ4n) is 1.19. The number of anilines is 2. The topological polar surface area (TPSA) is 61.6 Å². The second-order valence-corrected chi connectivity index (χ2v) is 4.81. The molecule has 17 heavy (non-hydrogen) atoms. The lowest BCUT2D eigenvalue weighted by molar-refractivity contribution is 1.15. The van der Waals surface area contributed by atoms with Crippen LogP contribution in [0, 0.1) is 14.9 Å². The van der Waals surface area contributed by atoms with Crippen LogP contribution in [0.5, 0.6) is 0 Å². The number of aromatic nitrogens is 2. The van der Waals surface area contributed by atoms with Crippen molar-refractivity contribution < 1.29 is 0 Å². The Labute approximate surface area is 117 Å². The largest absolute Gasteiger partial charge is 0.323 e. The number of hydrogen-bond acceptors (Lipinski definition) is 4. The molecule has 1 heterocycles. The highest BCUT2D eigenvalue weighted by Gasteiger charge is 2.04. The van der Waals surface area contributed by atoms with Crippen LogP contribution in [0.2, 0.25) is 5.02 Å². The summed E-state index contributed by atoms with van der Waals surface area (Å²) in [6.07, 6.45) is 3.38. The molecule has 0 fully saturated rings. The quantitative estimate of drug-likeness (QED) is 0.838. The second-order valence-electron chi connectivity index (χ2n) is 3.16. The van der Waals surface area contributed by atoms with Gasteiger partial charge in [0.2, 0.25) is 5.95 Å². The van der Waals surface area contributed by atoms with Gasteiger partial charge in [0.05, 0.1) is 22.3 Å². The Bertz CT molecular complexity index is 577. The van der Waals surface area contributed by atoms with E-state index in [1.807, 2.05) is 6.07 Å². The molecule has 0 amide bonds. The van der Waals surface area contributed by atoms with Crippen LogP contribution < -0.4 is 5.32 Å². The summed E-state index contributed by atoms with van der Waals surface area (Å²) in [7, 11) is 0. The summed E-state index contributed by atoms with van der Waals surface area (Å²) in [5, 5.41) is 12.3. The summed E-state index contributed by atoms with van der Waals surface area (Å²) < 4.78 is 0.949. The predicted molar refractivity (Wildman–Crippen MR) is 74.2 cm³/mol. The van der Waals surface area contributed by atoms with Crippen LogP contribution in [-0.4, -0.2) is 9.97 Å². The Kier molecular flexibility index (Phi) is 3.76. The number of hydrogen-bond donors (Lipinski definition) is 1. The molecular weight excluding hydrogens is 351 g/mol. The molecule has 6 heteroatoms. The first-order valence-electron chi connectivity index (χ1n) is 4.63. The van der Waals surface area contributed by atoms with Crippen LogP contribution in [0.1, 0.15) is 5.56 Å². The molecule has 1 aromatic carbocycles. The van der Waals surface area contributed by atoms with Gasteiger partial charge in [0.25, 0.3) is 0 Å². The van der Waals surface area contributed by atoms with Gasteiger partial charge in [-0.15, -0.1) is 0 Å². The van der Waals surface area contributed by atoms with Gasteiger partial charge in [0, 0.05) is 16.0 Å².